The number of aromatic nitrogens is 3. The molecular weight excluding hydrogens is 354 g/mol. The van der Waals surface area contributed by atoms with E-state index < -0.39 is 0 Å². The van der Waals surface area contributed by atoms with Gasteiger partial charge in [-0.05, 0) is 36.8 Å². The van der Waals surface area contributed by atoms with E-state index in [9.17, 15) is 4.79 Å². The number of hydrogen-bond acceptors (Lipinski definition) is 4. The Labute approximate surface area is 162 Å². The Morgan fingerprint density at radius 1 is 0.929 bits per heavy atom. The molecule has 0 aliphatic rings. The summed E-state index contributed by atoms with van der Waals surface area (Å²) in [5, 5.41) is 4.54. The molecule has 6 nitrogen and oxygen atoms in total. The highest BCUT2D eigenvalue weighted by atomic mass is 16.5. The van der Waals surface area contributed by atoms with Gasteiger partial charge in [0.2, 0.25) is 0 Å². The van der Waals surface area contributed by atoms with Crippen molar-refractivity contribution in [3.8, 4) is 22.8 Å². The maximum Gasteiger partial charge on any atom is 0.276 e. The summed E-state index contributed by atoms with van der Waals surface area (Å²) in [7, 11) is 3.19. The second-order valence-electron chi connectivity index (χ2n) is 6.65. The lowest BCUT2D eigenvalue weighted by atomic mass is 10.1. The van der Waals surface area contributed by atoms with E-state index in [1.807, 2.05) is 49.4 Å². The summed E-state index contributed by atoms with van der Waals surface area (Å²) >= 11 is 0. The molecule has 2 heterocycles. The molecule has 0 unspecified atom stereocenters. The topological polar surface area (TPSA) is 57.8 Å². The summed E-state index contributed by atoms with van der Waals surface area (Å²) in [5.41, 5.74) is 4.28. The number of nitrogens with zero attached hydrogens (tertiary/aromatic N) is 3. The fraction of sp³-hybridized carbons (Fsp3) is 0.182. The number of fused-ring (bicyclic) bond motifs is 1. The van der Waals surface area contributed by atoms with Crippen LogP contribution in [0.25, 0.3) is 16.8 Å². The van der Waals surface area contributed by atoms with Gasteiger partial charge in [-0.2, -0.15) is 5.10 Å². The molecule has 2 aromatic heterocycles. The predicted molar refractivity (Wildman–Crippen MR) is 108 cm³/mol. The van der Waals surface area contributed by atoms with E-state index in [0.29, 0.717) is 29.3 Å². The molecule has 0 spiro atoms. The lowest BCUT2D eigenvalue weighted by Gasteiger charge is -2.08. The van der Waals surface area contributed by atoms with Crippen LogP contribution in [-0.4, -0.2) is 28.4 Å². The highest BCUT2D eigenvalue weighted by Crippen LogP contribution is 2.31. The smallest absolute Gasteiger partial charge is 0.276 e. The molecule has 0 aliphatic carbocycles. The van der Waals surface area contributed by atoms with E-state index in [-0.39, 0.29) is 5.56 Å². The van der Waals surface area contributed by atoms with Crippen LogP contribution in [0.2, 0.25) is 0 Å². The molecule has 4 aromatic rings. The Bertz CT molecular complexity index is 1190. The maximum atomic E-state index is 12.9. The fourth-order valence-corrected chi connectivity index (χ4v) is 3.18. The SMILES string of the molecule is COc1ccc(-c2cc3c(=O)n(Cc4ccc(C)cc4)ccn3n2)cc1OC. The van der Waals surface area contributed by atoms with E-state index >= 15 is 0 Å². The lowest BCUT2D eigenvalue weighted by molar-refractivity contribution is 0.355. The monoisotopic (exact) mass is 375 g/mol. The van der Waals surface area contributed by atoms with Crippen LogP contribution in [0.15, 0.2) is 65.7 Å². The summed E-state index contributed by atoms with van der Waals surface area (Å²) in [6.45, 7) is 2.57. The minimum Gasteiger partial charge on any atom is -0.493 e. The highest BCUT2D eigenvalue weighted by Gasteiger charge is 2.12. The normalized spacial score (nSPS) is 11.0. The van der Waals surface area contributed by atoms with Crippen LogP contribution >= 0.6 is 0 Å². The molecule has 0 saturated carbocycles. The Morgan fingerprint density at radius 2 is 1.68 bits per heavy atom. The quantitative estimate of drug-likeness (QED) is 0.535. The van der Waals surface area contributed by atoms with Gasteiger partial charge in [-0.3, -0.25) is 4.79 Å². The van der Waals surface area contributed by atoms with Gasteiger partial charge in [-0.25, -0.2) is 4.52 Å². The number of hydrogen-bond donors (Lipinski definition) is 0. The molecule has 0 radical (unpaired) electrons. The zero-order valence-corrected chi connectivity index (χ0v) is 16.0. The van der Waals surface area contributed by atoms with E-state index in [0.717, 1.165) is 11.1 Å². The first kappa shape index (κ1) is 17.9. The first-order chi connectivity index (χ1) is 13.6. The van der Waals surface area contributed by atoms with Gasteiger partial charge in [0.1, 0.15) is 5.52 Å². The van der Waals surface area contributed by atoms with Crippen molar-refractivity contribution in [1.82, 2.24) is 14.2 Å². The summed E-state index contributed by atoms with van der Waals surface area (Å²) in [4.78, 5) is 12.9. The third-order valence-corrected chi connectivity index (χ3v) is 4.76. The minimum atomic E-state index is -0.0812. The van der Waals surface area contributed by atoms with Gasteiger partial charge in [0.05, 0.1) is 26.5 Å². The van der Waals surface area contributed by atoms with Gasteiger partial charge in [0.15, 0.2) is 11.5 Å². The van der Waals surface area contributed by atoms with Gasteiger partial charge in [0, 0.05) is 18.0 Å². The number of aryl methyl sites for hydroxylation is 1. The van der Waals surface area contributed by atoms with Crippen LogP contribution in [0.3, 0.4) is 0 Å². The van der Waals surface area contributed by atoms with Gasteiger partial charge in [-0.15, -0.1) is 0 Å². The lowest BCUT2D eigenvalue weighted by Crippen LogP contribution is -2.21. The number of methoxy groups -OCH3 is 2. The number of benzene rings is 2. The largest absolute Gasteiger partial charge is 0.493 e. The van der Waals surface area contributed by atoms with Crippen LogP contribution in [-0.2, 0) is 6.54 Å². The third kappa shape index (κ3) is 3.24. The first-order valence-electron chi connectivity index (χ1n) is 8.96. The van der Waals surface area contributed by atoms with Crippen molar-refractivity contribution in [3.05, 3.63) is 82.4 Å². The summed E-state index contributed by atoms with van der Waals surface area (Å²) in [6, 6.07) is 15.6. The van der Waals surface area contributed by atoms with Crippen LogP contribution in [0, 0.1) is 6.92 Å². The van der Waals surface area contributed by atoms with Crippen molar-refractivity contribution in [1.29, 1.82) is 0 Å². The van der Waals surface area contributed by atoms with E-state index in [4.69, 9.17) is 9.47 Å². The second kappa shape index (κ2) is 7.23. The van der Waals surface area contributed by atoms with E-state index in [2.05, 4.69) is 5.10 Å². The average Bonchev–Trinajstić information content (AvgIpc) is 3.16. The molecule has 0 N–H and O–H groups in total. The standard InChI is InChI=1S/C22H21N3O3/c1-15-4-6-16(7-5-15)14-24-10-11-25-19(22(24)26)13-18(23-25)17-8-9-20(27-2)21(12-17)28-3/h4-13H,14H2,1-3H3. The fourth-order valence-electron chi connectivity index (χ4n) is 3.18. The van der Waals surface area contributed by atoms with Gasteiger partial charge < -0.3 is 14.0 Å². The third-order valence-electron chi connectivity index (χ3n) is 4.76. The first-order valence-corrected chi connectivity index (χ1v) is 8.96. The summed E-state index contributed by atoms with van der Waals surface area (Å²) in [5.74, 6) is 1.27. The molecule has 28 heavy (non-hydrogen) atoms. The molecule has 0 atom stereocenters. The van der Waals surface area contributed by atoms with Gasteiger partial charge in [-0.1, -0.05) is 29.8 Å². The summed E-state index contributed by atoms with van der Waals surface area (Å²) < 4.78 is 14.0. The molecule has 142 valence electrons. The molecule has 0 saturated heterocycles. The zero-order chi connectivity index (χ0) is 19.7. The average molecular weight is 375 g/mol. The van der Waals surface area contributed by atoms with Crippen molar-refractivity contribution in [2.75, 3.05) is 14.2 Å². The molecule has 0 aliphatic heterocycles. The predicted octanol–water partition coefficient (Wildman–Crippen LogP) is 3.54. The van der Waals surface area contributed by atoms with Gasteiger partial charge >= 0.3 is 0 Å². The molecule has 0 amide bonds. The van der Waals surface area contributed by atoms with Crippen molar-refractivity contribution in [3.63, 3.8) is 0 Å². The molecule has 6 heteroatoms. The number of rotatable bonds is 5. The number of ether oxygens (including phenoxy) is 2. The van der Waals surface area contributed by atoms with Crippen molar-refractivity contribution < 1.29 is 9.47 Å². The van der Waals surface area contributed by atoms with Crippen LogP contribution in [0.1, 0.15) is 11.1 Å². The second-order valence-corrected chi connectivity index (χ2v) is 6.65. The van der Waals surface area contributed by atoms with Crippen molar-refractivity contribution in [2.45, 2.75) is 13.5 Å². The van der Waals surface area contributed by atoms with Crippen molar-refractivity contribution >= 4 is 5.52 Å². The Kier molecular flexibility index (Phi) is 4.61. The van der Waals surface area contributed by atoms with Crippen LogP contribution in [0.5, 0.6) is 11.5 Å². The van der Waals surface area contributed by atoms with E-state index in [1.165, 1.54) is 5.56 Å². The van der Waals surface area contributed by atoms with Crippen LogP contribution in [0.4, 0.5) is 0 Å². The Morgan fingerprint density at radius 3 is 2.39 bits per heavy atom. The Hall–Kier alpha value is -3.54. The molecule has 0 bridgehead atoms. The maximum absolute atomic E-state index is 12.9. The Balaban J connectivity index is 1.72. The molecule has 0 fully saturated rings. The van der Waals surface area contributed by atoms with Gasteiger partial charge in [0.25, 0.3) is 5.56 Å². The molecule has 2 aromatic carbocycles. The molecular formula is C22H21N3O3. The van der Waals surface area contributed by atoms with Crippen LogP contribution < -0.4 is 15.0 Å². The zero-order valence-electron chi connectivity index (χ0n) is 16.0. The van der Waals surface area contributed by atoms with Crippen molar-refractivity contribution in [2.24, 2.45) is 0 Å². The minimum absolute atomic E-state index is 0.0812. The molecule has 4 rings (SSSR count). The summed E-state index contributed by atoms with van der Waals surface area (Å²) in [6.07, 6.45) is 3.57. The highest BCUT2D eigenvalue weighted by molar-refractivity contribution is 5.68. The van der Waals surface area contributed by atoms with E-state index in [1.54, 1.807) is 41.8 Å².